The van der Waals surface area contributed by atoms with Gasteiger partial charge in [0.05, 0.1) is 17.0 Å². The third-order valence-corrected chi connectivity index (χ3v) is 3.70. The fourth-order valence-corrected chi connectivity index (χ4v) is 2.41. The van der Waals surface area contributed by atoms with Gasteiger partial charge in [0.2, 0.25) is 0 Å². The molecule has 3 rings (SSSR count). The molecule has 0 aliphatic heterocycles. The summed E-state index contributed by atoms with van der Waals surface area (Å²) in [5, 5.41) is 0. The Bertz CT molecular complexity index is 789. The van der Waals surface area contributed by atoms with E-state index in [2.05, 4.69) is 69.3 Å². The molecule has 142 valence electrons. The maximum atomic E-state index is 8.49. The van der Waals surface area contributed by atoms with Crippen LogP contribution in [0.3, 0.4) is 0 Å². The van der Waals surface area contributed by atoms with E-state index in [-0.39, 0.29) is 5.41 Å². The largest absolute Gasteiger partial charge is 0.360 e. The topological polar surface area (TPSA) is 104 Å². The molecule has 5 nitrogen and oxygen atoms in total. The highest BCUT2D eigenvalue weighted by atomic mass is 35.7. The third kappa shape index (κ3) is 7.09. The van der Waals surface area contributed by atoms with Crippen LogP contribution < -0.4 is 18.6 Å². The second-order valence-electron chi connectivity index (χ2n) is 6.93. The van der Waals surface area contributed by atoms with E-state index in [0.29, 0.717) is 0 Å². The van der Waals surface area contributed by atoms with Gasteiger partial charge in [-0.25, -0.2) is 23.1 Å². The van der Waals surface area contributed by atoms with Gasteiger partial charge in [-0.05, 0) is 38.5 Å². The summed E-state index contributed by atoms with van der Waals surface area (Å²) in [5.74, 6) is 1.90. The van der Waals surface area contributed by atoms with Gasteiger partial charge in [-0.2, -0.15) is 0 Å². The number of benzene rings is 2. The average Bonchev–Trinajstić information content (AvgIpc) is 2.61. The van der Waals surface area contributed by atoms with Gasteiger partial charge in [0, 0.05) is 11.6 Å². The Morgan fingerprint density at radius 2 is 1.11 bits per heavy atom. The van der Waals surface area contributed by atoms with Crippen LogP contribution in [-0.4, -0.2) is 0 Å². The number of halogens is 1. The minimum Gasteiger partial charge on any atom is -0.222 e. The Kier molecular flexibility index (Phi) is 6.70. The molecular weight excluding hydrogens is 368 g/mol. The highest BCUT2D eigenvalue weighted by Crippen LogP contribution is 2.33. The molecule has 27 heavy (non-hydrogen) atoms. The molecular formula is C21H21ClO5. The quantitative estimate of drug-likeness (QED) is 0.618. The minimum atomic E-state index is -4.94. The lowest BCUT2D eigenvalue weighted by atomic mass is 9.90. The van der Waals surface area contributed by atoms with Crippen LogP contribution in [0.5, 0.6) is 0 Å². The molecule has 1 aromatic heterocycles. The van der Waals surface area contributed by atoms with Crippen LogP contribution in [0.1, 0.15) is 26.5 Å². The maximum Gasteiger partial charge on any atom is 0.360 e. The van der Waals surface area contributed by atoms with Gasteiger partial charge in [-0.1, -0.05) is 48.5 Å². The van der Waals surface area contributed by atoms with Gasteiger partial charge in [-0.15, -0.1) is 10.2 Å². The fraction of sp³-hybridized carbons (Fsp3) is 0.190. The Hall–Kier alpha value is -2.28. The molecule has 0 saturated heterocycles. The first kappa shape index (κ1) is 21.0. The molecule has 6 heteroatoms. The lowest BCUT2D eigenvalue weighted by Gasteiger charge is -2.17. The van der Waals surface area contributed by atoms with Gasteiger partial charge < -0.3 is 0 Å². The SMILES string of the molecule is CC(C)(C)c1cc(-c2ccccc2)cc(-c2ccccc2)[o+]1.[O-][Cl+3]([O-])([O-])[O-]. The summed E-state index contributed by atoms with van der Waals surface area (Å²) in [5.41, 5.74) is 3.47. The van der Waals surface area contributed by atoms with Crippen LogP contribution in [0.2, 0.25) is 0 Å². The van der Waals surface area contributed by atoms with E-state index >= 15 is 0 Å². The molecule has 0 unspecified atom stereocenters. The Morgan fingerprint density at radius 3 is 1.56 bits per heavy atom. The number of hydrogen-bond donors (Lipinski definition) is 0. The minimum absolute atomic E-state index is 0.0334. The Labute approximate surface area is 160 Å². The first-order valence-electron chi connectivity index (χ1n) is 8.25. The molecule has 3 aromatic rings. The summed E-state index contributed by atoms with van der Waals surface area (Å²) >= 11 is 0. The standard InChI is InChI=1S/C21H21O.ClHO4/c1-21(2,3)20-15-18(16-10-6-4-7-11-16)14-19(22-20)17-12-8-5-9-13-17;2-1(3,4)5/h4-15H,1-3H3;(H,2,3,4,5)/q+1;/p-1. The number of hydrogen-bond acceptors (Lipinski definition) is 4. The van der Waals surface area contributed by atoms with Crippen molar-refractivity contribution in [1.29, 1.82) is 0 Å². The fourth-order valence-electron chi connectivity index (χ4n) is 2.41. The number of rotatable bonds is 2. The molecule has 0 saturated carbocycles. The summed E-state index contributed by atoms with van der Waals surface area (Å²) in [6, 6.07) is 25.0. The molecule has 0 fully saturated rings. The Balaban J connectivity index is 0.000000465. The van der Waals surface area contributed by atoms with E-state index in [1.54, 1.807) is 0 Å². The second-order valence-corrected chi connectivity index (χ2v) is 7.69. The van der Waals surface area contributed by atoms with Crippen LogP contribution in [0.15, 0.2) is 77.2 Å². The van der Waals surface area contributed by atoms with Crippen LogP contribution in [0, 0.1) is 10.2 Å². The van der Waals surface area contributed by atoms with Crippen LogP contribution >= 0.6 is 0 Å². The zero-order valence-corrected chi connectivity index (χ0v) is 16.1. The van der Waals surface area contributed by atoms with Crippen molar-refractivity contribution in [3.8, 4) is 22.5 Å². The molecule has 0 N–H and O–H groups in total. The van der Waals surface area contributed by atoms with E-state index in [1.807, 2.05) is 24.3 Å². The lowest BCUT2D eigenvalue weighted by molar-refractivity contribution is -2.00. The summed E-state index contributed by atoms with van der Waals surface area (Å²) in [4.78, 5) is 0. The van der Waals surface area contributed by atoms with E-state index in [1.165, 1.54) is 11.1 Å². The predicted octanol–water partition coefficient (Wildman–Crippen LogP) is 1.44. The first-order chi connectivity index (χ1) is 12.5. The van der Waals surface area contributed by atoms with Gasteiger partial charge in [-0.3, -0.25) is 0 Å². The van der Waals surface area contributed by atoms with Crippen molar-refractivity contribution < 1.29 is 33.3 Å². The average molecular weight is 389 g/mol. The van der Waals surface area contributed by atoms with Gasteiger partial charge in [0.1, 0.15) is 0 Å². The third-order valence-electron chi connectivity index (χ3n) is 3.70. The maximum absolute atomic E-state index is 8.49. The van der Waals surface area contributed by atoms with Crippen molar-refractivity contribution in [3.63, 3.8) is 0 Å². The van der Waals surface area contributed by atoms with Crippen molar-refractivity contribution in [2.75, 3.05) is 0 Å². The normalized spacial score (nSPS) is 11.5. The smallest absolute Gasteiger partial charge is 0.222 e. The first-order valence-corrected chi connectivity index (χ1v) is 9.49. The van der Waals surface area contributed by atoms with Crippen molar-refractivity contribution in [2.24, 2.45) is 0 Å². The van der Waals surface area contributed by atoms with Gasteiger partial charge in [0.15, 0.2) is 0 Å². The lowest BCUT2D eigenvalue weighted by Crippen LogP contribution is -2.68. The molecule has 2 aromatic carbocycles. The zero-order valence-electron chi connectivity index (χ0n) is 15.3. The van der Waals surface area contributed by atoms with Crippen molar-refractivity contribution in [1.82, 2.24) is 0 Å². The summed E-state index contributed by atoms with van der Waals surface area (Å²) in [7, 11) is -4.94. The molecule has 0 bridgehead atoms. The van der Waals surface area contributed by atoms with Gasteiger partial charge >= 0.3 is 11.5 Å². The molecule has 0 aliphatic rings. The van der Waals surface area contributed by atoms with Gasteiger partial charge in [0.25, 0.3) is 0 Å². The molecule has 0 amide bonds. The molecule has 1 heterocycles. The van der Waals surface area contributed by atoms with Crippen molar-refractivity contribution in [3.05, 3.63) is 78.6 Å². The van der Waals surface area contributed by atoms with E-state index in [0.717, 1.165) is 17.1 Å². The van der Waals surface area contributed by atoms with Crippen LogP contribution in [0.4, 0.5) is 0 Å². The van der Waals surface area contributed by atoms with Crippen molar-refractivity contribution >= 4 is 0 Å². The highest BCUT2D eigenvalue weighted by molar-refractivity contribution is 5.69. The zero-order chi connectivity index (χ0) is 20.1. The molecule has 0 atom stereocenters. The Morgan fingerprint density at radius 1 is 0.667 bits per heavy atom. The summed E-state index contributed by atoms with van der Waals surface area (Å²) in [6.07, 6.45) is 0. The molecule has 0 radical (unpaired) electrons. The van der Waals surface area contributed by atoms with E-state index < -0.39 is 10.2 Å². The van der Waals surface area contributed by atoms with E-state index in [4.69, 9.17) is 23.1 Å². The predicted molar refractivity (Wildman–Crippen MR) is 92.7 cm³/mol. The summed E-state index contributed by atoms with van der Waals surface area (Å²) < 4.78 is 40.2. The second kappa shape index (κ2) is 8.61. The summed E-state index contributed by atoms with van der Waals surface area (Å²) in [6.45, 7) is 6.53. The van der Waals surface area contributed by atoms with Crippen molar-refractivity contribution in [2.45, 2.75) is 26.2 Å². The highest BCUT2D eigenvalue weighted by Gasteiger charge is 2.29. The molecule has 0 spiro atoms. The van der Waals surface area contributed by atoms with Crippen LogP contribution in [-0.2, 0) is 5.41 Å². The van der Waals surface area contributed by atoms with E-state index in [9.17, 15) is 0 Å². The monoisotopic (exact) mass is 388 g/mol. The molecule has 0 aliphatic carbocycles. The van der Waals surface area contributed by atoms with Crippen LogP contribution in [0.25, 0.3) is 22.5 Å².